The predicted octanol–water partition coefficient (Wildman–Crippen LogP) is 2.40. The topological polar surface area (TPSA) is 64.1 Å². The number of hydrogen-bond donors (Lipinski definition) is 2. The third kappa shape index (κ3) is 7.97. The van der Waals surface area contributed by atoms with Gasteiger partial charge in [0, 0.05) is 39.3 Å². The summed E-state index contributed by atoms with van der Waals surface area (Å²) in [4.78, 5) is 4.14. The summed E-state index contributed by atoms with van der Waals surface area (Å²) in [6.45, 7) is 1.45. The van der Waals surface area contributed by atoms with E-state index >= 15 is 0 Å². The van der Waals surface area contributed by atoms with Gasteiger partial charge in [-0.15, -0.1) is 0 Å². The van der Waals surface area contributed by atoms with Crippen LogP contribution < -0.4 is 15.4 Å². The molecule has 1 heterocycles. The first kappa shape index (κ1) is 20.4. The van der Waals surface area contributed by atoms with Gasteiger partial charge in [-0.1, -0.05) is 12.1 Å². The largest absolute Gasteiger partial charge is 0.435 e. The zero-order valence-corrected chi connectivity index (χ0v) is 15.0. The second kappa shape index (κ2) is 11.6. The van der Waals surface area contributed by atoms with Crippen molar-refractivity contribution < 1.29 is 23.0 Å². The highest BCUT2D eigenvalue weighted by Gasteiger charge is 2.15. The molecule has 0 amide bonds. The molecule has 1 aromatic carbocycles. The van der Waals surface area contributed by atoms with Crippen LogP contribution >= 0.6 is 0 Å². The predicted molar refractivity (Wildman–Crippen MR) is 95.6 cm³/mol. The van der Waals surface area contributed by atoms with E-state index in [1.54, 1.807) is 19.2 Å². The lowest BCUT2D eigenvalue weighted by Crippen LogP contribution is -2.37. The number of rotatable bonds is 10. The van der Waals surface area contributed by atoms with Crippen molar-refractivity contribution in [2.45, 2.75) is 26.0 Å². The Bertz CT molecular complexity index is 552. The second-order valence-electron chi connectivity index (χ2n) is 6.04. The fraction of sp³-hybridized carbons (Fsp3) is 0.611. The van der Waals surface area contributed by atoms with E-state index in [9.17, 15) is 8.78 Å². The normalized spacial score (nSPS) is 17.5. The molecule has 1 aliphatic heterocycles. The summed E-state index contributed by atoms with van der Waals surface area (Å²) in [6.07, 6.45) is 1.95. The fourth-order valence-corrected chi connectivity index (χ4v) is 2.58. The molecule has 2 N–H and O–H groups in total. The first-order chi connectivity index (χ1) is 12.7. The molecule has 26 heavy (non-hydrogen) atoms. The van der Waals surface area contributed by atoms with E-state index in [2.05, 4.69) is 20.4 Å². The van der Waals surface area contributed by atoms with Crippen LogP contribution in [-0.4, -0.2) is 52.6 Å². The van der Waals surface area contributed by atoms with Crippen LogP contribution in [0.2, 0.25) is 0 Å². The van der Waals surface area contributed by atoms with E-state index in [0.717, 1.165) is 44.8 Å². The van der Waals surface area contributed by atoms with Crippen LogP contribution in [0.1, 0.15) is 18.4 Å². The summed E-state index contributed by atoms with van der Waals surface area (Å²) in [5.41, 5.74) is 0.827. The van der Waals surface area contributed by atoms with Gasteiger partial charge in [0.15, 0.2) is 5.96 Å². The Kier molecular flexibility index (Phi) is 9.13. The lowest BCUT2D eigenvalue weighted by molar-refractivity contribution is -0.0498. The fourth-order valence-electron chi connectivity index (χ4n) is 2.58. The Balaban J connectivity index is 1.60. The van der Waals surface area contributed by atoms with Crippen molar-refractivity contribution in [2.24, 2.45) is 10.9 Å². The summed E-state index contributed by atoms with van der Waals surface area (Å²) in [5.74, 6) is 1.32. The molecule has 0 bridgehead atoms. The van der Waals surface area contributed by atoms with Gasteiger partial charge in [-0.2, -0.15) is 8.78 Å². The number of guanidine groups is 1. The third-order valence-electron chi connectivity index (χ3n) is 3.94. The van der Waals surface area contributed by atoms with Crippen molar-refractivity contribution in [3.8, 4) is 5.75 Å². The van der Waals surface area contributed by atoms with Gasteiger partial charge in [0.1, 0.15) is 5.75 Å². The number of benzene rings is 1. The minimum Gasteiger partial charge on any atom is -0.435 e. The van der Waals surface area contributed by atoms with Crippen LogP contribution in [0.4, 0.5) is 8.78 Å². The average molecular weight is 371 g/mol. The van der Waals surface area contributed by atoms with Crippen LogP contribution in [0.3, 0.4) is 0 Å². The number of halogens is 2. The van der Waals surface area contributed by atoms with Gasteiger partial charge in [-0.3, -0.25) is 4.99 Å². The second-order valence-corrected chi connectivity index (χ2v) is 6.04. The summed E-state index contributed by atoms with van der Waals surface area (Å²) in [6, 6.07) is 6.59. The summed E-state index contributed by atoms with van der Waals surface area (Å²) in [7, 11) is 1.68. The molecule has 8 heteroatoms. The molecule has 6 nitrogen and oxygen atoms in total. The Morgan fingerprint density at radius 3 is 3.00 bits per heavy atom. The van der Waals surface area contributed by atoms with Crippen molar-refractivity contribution in [3.05, 3.63) is 29.8 Å². The zero-order valence-electron chi connectivity index (χ0n) is 15.0. The lowest BCUT2D eigenvalue weighted by Gasteiger charge is -2.13. The first-order valence-corrected chi connectivity index (χ1v) is 8.81. The van der Waals surface area contributed by atoms with Crippen LogP contribution in [-0.2, 0) is 16.0 Å². The molecule has 0 aliphatic carbocycles. The van der Waals surface area contributed by atoms with E-state index in [0.29, 0.717) is 25.0 Å². The summed E-state index contributed by atoms with van der Waals surface area (Å²) >= 11 is 0. The molecule has 0 spiro atoms. The van der Waals surface area contributed by atoms with Gasteiger partial charge in [0.2, 0.25) is 0 Å². The Labute approximate surface area is 152 Å². The van der Waals surface area contributed by atoms with Crippen LogP contribution in [0, 0.1) is 5.92 Å². The lowest BCUT2D eigenvalue weighted by atomic mass is 10.1. The molecule has 1 unspecified atom stereocenters. The molecule has 1 fully saturated rings. The first-order valence-electron chi connectivity index (χ1n) is 8.81. The number of alkyl halides is 2. The molecule has 146 valence electrons. The smallest absolute Gasteiger partial charge is 0.387 e. The summed E-state index contributed by atoms with van der Waals surface area (Å²) < 4.78 is 39.9. The maximum Gasteiger partial charge on any atom is 0.387 e. The van der Waals surface area contributed by atoms with Crippen molar-refractivity contribution in [3.63, 3.8) is 0 Å². The molecule has 1 saturated heterocycles. The van der Waals surface area contributed by atoms with Gasteiger partial charge >= 0.3 is 6.61 Å². The zero-order chi connectivity index (χ0) is 18.6. The van der Waals surface area contributed by atoms with E-state index in [1.165, 1.54) is 6.07 Å². The van der Waals surface area contributed by atoms with E-state index in [4.69, 9.17) is 9.47 Å². The molecule has 1 aliphatic rings. The van der Waals surface area contributed by atoms with Crippen molar-refractivity contribution in [1.29, 1.82) is 0 Å². The van der Waals surface area contributed by atoms with E-state index in [-0.39, 0.29) is 5.75 Å². The quantitative estimate of drug-likeness (QED) is 0.376. The molecule has 2 rings (SSSR count). The van der Waals surface area contributed by atoms with Gasteiger partial charge in [-0.05, 0) is 30.5 Å². The Morgan fingerprint density at radius 2 is 2.27 bits per heavy atom. The summed E-state index contributed by atoms with van der Waals surface area (Å²) in [5, 5.41) is 6.34. The molecular formula is C18H27F2N3O3. The Morgan fingerprint density at radius 1 is 1.38 bits per heavy atom. The molecule has 0 aromatic heterocycles. The maximum atomic E-state index is 12.3. The highest BCUT2D eigenvalue weighted by atomic mass is 19.3. The van der Waals surface area contributed by atoms with Crippen molar-refractivity contribution >= 4 is 5.96 Å². The highest BCUT2D eigenvalue weighted by Crippen LogP contribution is 2.15. The average Bonchev–Trinajstić information content (AvgIpc) is 3.13. The van der Waals surface area contributed by atoms with E-state index in [1.807, 2.05) is 6.07 Å². The standard InChI is InChI=1S/C18H27F2N3O3/c1-21-18(22-7-3-8-24-12-15-6-9-25-13-15)23-11-14-4-2-5-16(10-14)26-17(19)20/h2,4-5,10,15,17H,3,6-9,11-13H2,1H3,(H2,21,22,23). The van der Waals surface area contributed by atoms with Gasteiger partial charge in [-0.25, -0.2) is 0 Å². The van der Waals surface area contributed by atoms with Crippen molar-refractivity contribution in [2.75, 3.05) is 40.0 Å². The highest BCUT2D eigenvalue weighted by molar-refractivity contribution is 5.79. The minimum atomic E-state index is -2.82. The number of nitrogens with zero attached hydrogens (tertiary/aromatic N) is 1. The van der Waals surface area contributed by atoms with E-state index < -0.39 is 6.61 Å². The monoisotopic (exact) mass is 371 g/mol. The SMILES string of the molecule is CN=C(NCCCOCC1CCOC1)NCc1cccc(OC(F)F)c1. The number of ether oxygens (including phenoxy) is 3. The van der Waals surface area contributed by atoms with Gasteiger partial charge in [0.05, 0.1) is 13.2 Å². The maximum absolute atomic E-state index is 12.3. The molecule has 1 aromatic rings. The van der Waals surface area contributed by atoms with Gasteiger partial charge < -0.3 is 24.8 Å². The molecular weight excluding hydrogens is 344 g/mol. The number of hydrogen-bond acceptors (Lipinski definition) is 4. The number of aliphatic imine (C=N–C) groups is 1. The molecule has 1 atom stereocenters. The molecule has 0 saturated carbocycles. The van der Waals surface area contributed by atoms with Crippen molar-refractivity contribution in [1.82, 2.24) is 10.6 Å². The van der Waals surface area contributed by atoms with Crippen LogP contribution in [0.25, 0.3) is 0 Å². The van der Waals surface area contributed by atoms with Crippen LogP contribution in [0.5, 0.6) is 5.75 Å². The third-order valence-corrected chi connectivity index (χ3v) is 3.94. The van der Waals surface area contributed by atoms with Gasteiger partial charge in [0.25, 0.3) is 0 Å². The Hall–Kier alpha value is -1.93. The van der Waals surface area contributed by atoms with Crippen LogP contribution in [0.15, 0.2) is 29.3 Å². The molecule has 0 radical (unpaired) electrons. The number of nitrogens with one attached hydrogen (secondary N) is 2. The minimum absolute atomic E-state index is 0.145.